The first kappa shape index (κ1) is 17.9. The molecule has 0 spiro atoms. The van der Waals surface area contributed by atoms with Crippen LogP contribution in [0.25, 0.3) is 0 Å². The molecule has 22 heavy (non-hydrogen) atoms. The van der Waals surface area contributed by atoms with E-state index >= 15 is 0 Å². The zero-order chi connectivity index (χ0) is 15.8. The first-order valence-corrected chi connectivity index (χ1v) is 10.1. The minimum absolute atomic E-state index is 0.407. The molecule has 2 rings (SSSR count). The number of piperidine rings is 1. The molecule has 1 aromatic carbocycles. The van der Waals surface area contributed by atoms with Crippen LogP contribution in [0.3, 0.4) is 0 Å². The van der Waals surface area contributed by atoms with Gasteiger partial charge in [0, 0.05) is 42.2 Å². The van der Waals surface area contributed by atoms with Gasteiger partial charge in [-0.3, -0.25) is 9.69 Å². The average Bonchev–Trinajstić information content (AvgIpc) is 2.52. The number of carbonyl (C=O) groups is 1. The molecule has 1 saturated heterocycles. The van der Waals surface area contributed by atoms with Gasteiger partial charge in [0.05, 0.1) is 0 Å². The van der Waals surface area contributed by atoms with Crippen LogP contribution in [0.2, 0.25) is 5.02 Å². The lowest BCUT2D eigenvalue weighted by molar-refractivity contribution is -0.104. The molecule has 0 aliphatic carbocycles. The molecule has 1 fully saturated rings. The van der Waals surface area contributed by atoms with Crippen LogP contribution in [0, 0.1) is 0 Å². The molecular formula is C16H21ClN2OS2. The van der Waals surface area contributed by atoms with Crippen molar-refractivity contribution in [2.45, 2.75) is 18.2 Å². The highest BCUT2D eigenvalue weighted by atomic mass is 35.5. The van der Waals surface area contributed by atoms with Gasteiger partial charge in [-0.05, 0) is 29.7 Å². The number of carbonyl (C=O) groups excluding carboxylic acids is 1. The van der Waals surface area contributed by atoms with Gasteiger partial charge in [-0.2, -0.15) is 0 Å². The third-order valence-electron chi connectivity index (χ3n) is 3.55. The van der Waals surface area contributed by atoms with Gasteiger partial charge in [0.2, 0.25) is 0 Å². The van der Waals surface area contributed by atoms with Crippen molar-refractivity contribution in [2.75, 3.05) is 25.4 Å². The molecule has 1 aromatic rings. The maximum absolute atomic E-state index is 10.9. The smallest absolute Gasteiger partial charge is 0.142 e. The maximum Gasteiger partial charge on any atom is 0.142 e. The van der Waals surface area contributed by atoms with Gasteiger partial charge in [0.1, 0.15) is 6.29 Å². The number of benzene rings is 1. The number of rotatable bonds is 7. The molecule has 1 heterocycles. The largest absolute Gasteiger partial charge is 0.330 e. The molecular weight excluding hydrogens is 336 g/mol. The summed E-state index contributed by atoms with van der Waals surface area (Å²) in [4.78, 5) is 13.3. The van der Waals surface area contributed by atoms with Crippen molar-refractivity contribution in [1.82, 2.24) is 4.90 Å². The zero-order valence-corrected chi connectivity index (χ0v) is 14.8. The highest BCUT2D eigenvalue weighted by Gasteiger charge is 2.24. The summed E-state index contributed by atoms with van der Waals surface area (Å²) in [6.07, 6.45) is 3.67. The van der Waals surface area contributed by atoms with E-state index in [4.69, 9.17) is 17.3 Å². The van der Waals surface area contributed by atoms with E-state index in [9.17, 15) is 4.79 Å². The van der Waals surface area contributed by atoms with Gasteiger partial charge < -0.3 is 5.73 Å². The van der Waals surface area contributed by atoms with Crippen LogP contribution in [0.4, 0.5) is 0 Å². The first-order chi connectivity index (χ1) is 10.7. The zero-order valence-electron chi connectivity index (χ0n) is 12.4. The number of hydrogen-bond donors (Lipinski definition) is 1. The predicted molar refractivity (Wildman–Crippen MR) is 98.4 cm³/mol. The van der Waals surface area contributed by atoms with E-state index in [2.05, 4.69) is 11.0 Å². The SMILES string of the molecule is NCCSSC1CCN(Cc2ccccc2Cl)C/C1=C/C=O. The second-order valence-electron chi connectivity index (χ2n) is 5.16. The monoisotopic (exact) mass is 356 g/mol. The fourth-order valence-electron chi connectivity index (χ4n) is 2.46. The predicted octanol–water partition coefficient (Wildman–Crippen LogP) is 3.38. The fraction of sp³-hybridized carbons (Fsp3) is 0.438. The summed E-state index contributed by atoms with van der Waals surface area (Å²) in [6, 6.07) is 7.94. The molecule has 0 aromatic heterocycles. The highest BCUT2D eigenvalue weighted by molar-refractivity contribution is 8.77. The first-order valence-electron chi connectivity index (χ1n) is 7.33. The van der Waals surface area contributed by atoms with Crippen molar-refractivity contribution in [1.29, 1.82) is 0 Å². The van der Waals surface area contributed by atoms with Crippen LogP contribution in [-0.4, -0.2) is 41.8 Å². The number of hydrogen-bond acceptors (Lipinski definition) is 5. The molecule has 1 unspecified atom stereocenters. The molecule has 120 valence electrons. The molecule has 1 atom stereocenters. The van der Waals surface area contributed by atoms with E-state index in [1.165, 1.54) is 5.57 Å². The molecule has 0 saturated carbocycles. The Hall–Kier alpha value is -0.460. The normalized spacial score (nSPS) is 21.2. The van der Waals surface area contributed by atoms with Crippen LogP contribution >= 0.6 is 33.2 Å². The summed E-state index contributed by atoms with van der Waals surface area (Å²) in [6.45, 7) is 3.35. The summed E-state index contributed by atoms with van der Waals surface area (Å²) >= 11 is 6.24. The number of nitrogens with zero attached hydrogens (tertiary/aromatic N) is 1. The van der Waals surface area contributed by atoms with Crippen LogP contribution in [-0.2, 0) is 11.3 Å². The molecule has 1 aliphatic heterocycles. The van der Waals surface area contributed by atoms with Crippen LogP contribution < -0.4 is 5.73 Å². The molecule has 0 radical (unpaired) electrons. The summed E-state index contributed by atoms with van der Waals surface area (Å²) in [7, 11) is 3.63. The van der Waals surface area contributed by atoms with Crippen LogP contribution in [0.15, 0.2) is 35.9 Å². The van der Waals surface area contributed by atoms with E-state index in [1.54, 1.807) is 16.9 Å². The Morgan fingerprint density at radius 1 is 1.41 bits per heavy atom. The number of allylic oxidation sites excluding steroid dienone is 1. The van der Waals surface area contributed by atoms with Crippen molar-refractivity contribution in [3.63, 3.8) is 0 Å². The van der Waals surface area contributed by atoms with Crippen molar-refractivity contribution in [3.8, 4) is 0 Å². The topological polar surface area (TPSA) is 46.3 Å². The number of nitrogens with two attached hydrogens (primary N) is 1. The maximum atomic E-state index is 10.9. The van der Waals surface area contributed by atoms with Gasteiger partial charge >= 0.3 is 0 Å². The van der Waals surface area contributed by atoms with Gasteiger partial charge in [-0.1, -0.05) is 51.4 Å². The van der Waals surface area contributed by atoms with Crippen LogP contribution in [0.5, 0.6) is 0 Å². The lowest BCUT2D eigenvalue weighted by Crippen LogP contribution is -2.36. The Bertz CT molecular complexity index is 525. The van der Waals surface area contributed by atoms with Crippen molar-refractivity contribution >= 4 is 39.5 Å². The van der Waals surface area contributed by atoms with E-state index in [1.807, 2.05) is 29.0 Å². The quantitative estimate of drug-likeness (QED) is 0.351. The van der Waals surface area contributed by atoms with E-state index in [0.29, 0.717) is 11.8 Å². The van der Waals surface area contributed by atoms with Crippen LogP contribution in [0.1, 0.15) is 12.0 Å². The molecule has 0 amide bonds. The minimum Gasteiger partial charge on any atom is -0.330 e. The number of likely N-dealkylation sites (tertiary alicyclic amines) is 1. The van der Waals surface area contributed by atoms with Gasteiger partial charge in [-0.25, -0.2) is 0 Å². The third kappa shape index (κ3) is 5.32. The highest BCUT2D eigenvalue weighted by Crippen LogP contribution is 2.36. The lowest BCUT2D eigenvalue weighted by Gasteiger charge is -2.33. The van der Waals surface area contributed by atoms with Gasteiger partial charge in [0.25, 0.3) is 0 Å². The summed E-state index contributed by atoms with van der Waals surface area (Å²) in [5, 5.41) is 1.21. The van der Waals surface area contributed by atoms with Gasteiger partial charge in [0.15, 0.2) is 0 Å². The minimum atomic E-state index is 0.407. The number of halogens is 1. The van der Waals surface area contributed by atoms with E-state index in [-0.39, 0.29) is 0 Å². The Morgan fingerprint density at radius 3 is 2.95 bits per heavy atom. The second kappa shape index (κ2) is 9.63. The van der Waals surface area contributed by atoms with E-state index in [0.717, 1.165) is 48.7 Å². The average molecular weight is 357 g/mol. The summed E-state index contributed by atoms with van der Waals surface area (Å²) in [5.74, 6) is 0.943. The molecule has 3 nitrogen and oxygen atoms in total. The molecule has 6 heteroatoms. The second-order valence-corrected chi connectivity index (χ2v) is 8.26. The number of aldehydes is 1. The lowest BCUT2D eigenvalue weighted by atomic mass is 10.0. The van der Waals surface area contributed by atoms with Gasteiger partial charge in [-0.15, -0.1) is 0 Å². The standard InChI is InChI=1S/C16H21ClN2OS2/c17-15-4-2-1-3-13(15)11-19-8-5-16(22-21-10-7-18)14(12-19)6-9-20/h1-4,6,9,16H,5,7-8,10-12,18H2/b14-6-. The summed E-state index contributed by atoms with van der Waals surface area (Å²) in [5.41, 5.74) is 7.87. The van der Waals surface area contributed by atoms with Crippen molar-refractivity contribution in [3.05, 3.63) is 46.5 Å². The molecule has 1 aliphatic rings. The Labute approximate surface area is 145 Å². The van der Waals surface area contributed by atoms with Crippen molar-refractivity contribution < 1.29 is 4.79 Å². The molecule has 2 N–H and O–H groups in total. The Balaban J connectivity index is 1.96. The fourth-order valence-corrected chi connectivity index (χ4v) is 5.22. The van der Waals surface area contributed by atoms with E-state index < -0.39 is 0 Å². The summed E-state index contributed by atoms with van der Waals surface area (Å²) < 4.78 is 0. The Morgan fingerprint density at radius 2 is 2.23 bits per heavy atom. The third-order valence-corrected chi connectivity index (χ3v) is 6.83. The van der Waals surface area contributed by atoms with Crippen molar-refractivity contribution in [2.24, 2.45) is 5.73 Å². The molecule has 0 bridgehead atoms. The Kier molecular flexibility index (Phi) is 7.83.